The molecule has 104 valence electrons. The Morgan fingerprint density at radius 3 is 2.45 bits per heavy atom. The molecule has 2 N–H and O–H groups in total. The van der Waals surface area contributed by atoms with E-state index in [0.717, 1.165) is 5.56 Å². The second-order valence-corrected chi connectivity index (χ2v) is 4.29. The molecular weight excluding hydrogens is 262 g/mol. The summed E-state index contributed by atoms with van der Waals surface area (Å²) in [5.74, 6) is -0.961. The normalized spacial score (nSPS) is 10.3. The van der Waals surface area contributed by atoms with Crippen LogP contribution in [0.4, 0.5) is 14.5 Å². The van der Waals surface area contributed by atoms with Gasteiger partial charge in [0.2, 0.25) is 5.91 Å². The topological polar surface area (TPSA) is 41.1 Å². The summed E-state index contributed by atoms with van der Waals surface area (Å²) in [5, 5.41) is 5.50. The molecule has 3 nitrogen and oxygen atoms in total. The number of halogens is 2. The van der Waals surface area contributed by atoms with E-state index in [1.165, 1.54) is 30.3 Å². The van der Waals surface area contributed by atoms with Crippen molar-refractivity contribution in [3.8, 4) is 0 Å². The lowest BCUT2D eigenvalue weighted by atomic mass is 10.2. The van der Waals surface area contributed by atoms with E-state index in [-0.39, 0.29) is 18.3 Å². The second-order valence-electron chi connectivity index (χ2n) is 4.29. The maximum atomic E-state index is 12.9. The maximum absolute atomic E-state index is 12.9. The molecule has 0 bridgehead atoms. The fraction of sp³-hybridized carbons (Fsp3) is 0.133. The van der Waals surface area contributed by atoms with Crippen molar-refractivity contribution in [2.24, 2.45) is 0 Å². The van der Waals surface area contributed by atoms with Crippen molar-refractivity contribution >= 4 is 11.6 Å². The molecule has 0 radical (unpaired) electrons. The minimum atomic E-state index is -0.401. The number of amides is 1. The van der Waals surface area contributed by atoms with E-state index in [1.807, 2.05) is 0 Å². The molecule has 0 saturated heterocycles. The molecule has 0 aliphatic carbocycles. The highest BCUT2D eigenvalue weighted by Gasteiger charge is 2.02. The van der Waals surface area contributed by atoms with E-state index >= 15 is 0 Å². The Morgan fingerprint density at radius 2 is 1.75 bits per heavy atom. The molecule has 0 heterocycles. The third-order valence-electron chi connectivity index (χ3n) is 2.64. The Hall–Kier alpha value is -2.27. The van der Waals surface area contributed by atoms with Gasteiger partial charge in [0, 0.05) is 12.2 Å². The number of benzene rings is 2. The summed E-state index contributed by atoms with van der Waals surface area (Å²) >= 11 is 0. The van der Waals surface area contributed by atoms with Gasteiger partial charge in [-0.25, -0.2) is 8.78 Å². The molecule has 5 heteroatoms. The molecule has 0 spiro atoms. The van der Waals surface area contributed by atoms with Crippen molar-refractivity contribution < 1.29 is 13.6 Å². The Labute approximate surface area is 115 Å². The Bertz CT molecular complexity index is 585. The first-order valence-electron chi connectivity index (χ1n) is 6.14. The smallest absolute Gasteiger partial charge is 0.238 e. The highest BCUT2D eigenvalue weighted by Crippen LogP contribution is 2.08. The van der Waals surface area contributed by atoms with Crippen molar-refractivity contribution in [1.82, 2.24) is 5.32 Å². The fourth-order valence-electron chi connectivity index (χ4n) is 1.69. The first-order valence-corrected chi connectivity index (χ1v) is 6.14. The lowest BCUT2D eigenvalue weighted by Crippen LogP contribution is -2.27. The van der Waals surface area contributed by atoms with Gasteiger partial charge >= 0.3 is 0 Å². The summed E-state index contributed by atoms with van der Waals surface area (Å²) in [6.45, 7) is 0.546. The van der Waals surface area contributed by atoms with Crippen molar-refractivity contribution in [1.29, 1.82) is 0 Å². The summed E-state index contributed by atoms with van der Waals surface area (Å²) in [6.07, 6.45) is 0. The number of anilines is 1. The lowest BCUT2D eigenvalue weighted by Gasteiger charge is -2.07. The molecule has 20 heavy (non-hydrogen) atoms. The van der Waals surface area contributed by atoms with Gasteiger partial charge in [-0.05, 0) is 35.9 Å². The van der Waals surface area contributed by atoms with Gasteiger partial charge in [-0.3, -0.25) is 4.79 Å². The second kappa shape index (κ2) is 6.77. The number of hydrogen-bond acceptors (Lipinski definition) is 2. The van der Waals surface area contributed by atoms with Crippen LogP contribution in [0.15, 0.2) is 48.5 Å². The molecule has 2 aromatic rings. The molecule has 0 aliphatic heterocycles. The third-order valence-corrected chi connectivity index (χ3v) is 2.64. The molecule has 0 aromatic heterocycles. The quantitative estimate of drug-likeness (QED) is 0.881. The van der Waals surface area contributed by atoms with Gasteiger partial charge in [0.25, 0.3) is 0 Å². The zero-order chi connectivity index (χ0) is 14.4. The molecule has 2 aromatic carbocycles. The van der Waals surface area contributed by atoms with E-state index in [2.05, 4.69) is 10.6 Å². The molecule has 1 amide bonds. The summed E-state index contributed by atoms with van der Waals surface area (Å²) in [7, 11) is 0. The van der Waals surface area contributed by atoms with Gasteiger partial charge < -0.3 is 10.6 Å². The third kappa shape index (κ3) is 4.44. The first-order chi connectivity index (χ1) is 9.63. The molecule has 0 atom stereocenters. The highest BCUT2D eigenvalue weighted by molar-refractivity contribution is 5.92. The largest absolute Gasteiger partial charge is 0.325 e. The van der Waals surface area contributed by atoms with Crippen molar-refractivity contribution in [3.63, 3.8) is 0 Å². The van der Waals surface area contributed by atoms with E-state index in [4.69, 9.17) is 0 Å². The van der Waals surface area contributed by atoms with Gasteiger partial charge in [-0.2, -0.15) is 0 Å². The van der Waals surface area contributed by atoms with Crippen LogP contribution in [-0.2, 0) is 11.3 Å². The van der Waals surface area contributed by atoms with E-state index < -0.39 is 5.82 Å². The summed E-state index contributed by atoms with van der Waals surface area (Å²) in [5.41, 5.74) is 1.29. The van der Waals surface area contributed by atoms with Gasteiger partial charge in [0.1, 0.15) is 11.6 Å². The van der Waals surface area contributed by atoms with Crippen LogP contribution in [0, 0.1) is 11.6 Å². The van der Waals surface area contributed by atoms with Crippen LogP contribution >= 0.6 is 0 Å². The van der Waals surface area contributed by atoms with E-state index in [1.54, 1.807) is 18.2 Å². The lowest BCUT2D eigenvalue weighted by molar-refractivity contribution is -0.115. The van der Waals surface area contributed by atoms with Crippen LogP contribution in [0.5, 0.6) is 0 Å². The van der Waals surface area contributed by atoms with Crippen LogP contribution in [0.25, 0.3) is 0 Å². The summed E-state index contributed by atoms with van der Waals surface area (Å²) < 4.78 is 25.6. The molecule has 0 unspecified atom stereocenters. The van der Waals surface area contributed by atoms with E-state index in [0.29, 0.717) is 12.2 Å². The summed E-state index contributed by atoms with van der Waals surface area (Å²) in [6, 6.07) is 11.7. The average Bonchev–Trinajstić information content (AvgIpc) is 2.41. The predicted octanol–water partition coefficient (Wildman–Crippen LogP) is 2.69. The molecule has 0 fully saturated rings. The Kier molecular flexibility index (Phi) is 4.79. The average molecular weight is 276 g/mol. The van der Waals surface area contributed by atoms with Crippen LogP contribution in [0.1, 0.15) is 5.56 Å². The van der Waals surface area contributed by atoms with Crippen molar-refractivity contribution in [2.75, 3.05) is 11.9 Å². The molecule has 0 aliphatic rings. The number of rotatable bonds is 5. The standard InChI is InChI=1S/C15H14F2N2O/c16-12-6-4-11(5-7-12)9-18-10-15(20)19-14-3-1-2-13(17)8-14/h1-8,18H,9-10H2,(H,19,20). The number of hydrogen-bond donors (Lipinski definition) is 2. The number of carbonyl (C=O) groups is 1. The maximum Gasteiger partial charge on any atom is 0.238 e. The van der Waals surface area contributed by atoms with Crippen molar-refractivity contribution in [3.05, 3.63) is 65.7 Å². The minimum absolute atomic E-state index is 0.0912. The van der Waals surface area contributed by atoms with Gasteiger partial charge in [0.05, 0.1) is 6.54 Å². The Balaban J connectivity index is 1.76. The monoisotopic (exact) mass is 276 g/mol. The molecule has 0 saturated carbocycles. The number of nitrogens with one attached hydrogen (secondary N) is 2. The predicted molar refractivity (Wildman–Crippen MR) is 73.1 cm³/mol. The van der Waals surface area contributed by atoms with Crippen LogP contribution in [-0.4, -0.2) is 12.5 Å². The Morgan fingerprint density at radius 1 is 1.00 bits per heavy atom. The molecular formula is C15H14F2N2O. The van der Waals surface area contributed by atoms with Crippen molar-refractivity contribution in [2.45, 2.75) is 6.54 Å². The van der Waals surface area contributed by atoms with Gasteiger partial charge in [0.15, 0.2) is 0 Å². The zero-order valence-electron chi connectivity index (χ0n) is 10.7. The number of carbonyl (C=O) groups excluding carboxylic acids is 1. The van der Waals surface area contributed by atoms with E-state index in [9.17, 15) is 13.6 Å². The van der Waals surface area contributed by atoms with Crippen LogP contribution in [0.2, 0.25) is 0 Å². The van der Waals surface area contributed by atoms with Gasteiger partial charge in [-0.1, -0.05) is 18.2 Å². The zero-order valence-corrected chi connectivity index (χ0v) is 10.7. The van der Waals surface area contributed by atoms with Gasteiger partial charge in [-0.15, -0.1) is 0 Å². The SMILES string of the molecule is O=C(CNCc1ccc(F)cc1)Nc1cccc(F)c1. The van der Waals surface area contributed by atoms with Crippen LogP contribution < -0.4 is 10.6 Å². The first kappa shape index (κ1) is 14.1. The molecule has 2 rings (SSSR count). The van der Waals surface area contributed by atoms with Crippen LogP contribution in [0.3, 0.4) is 0 Å². The summed E-state index contributed by atoms with van der Waals surface area (Å²) in [4.78, 5) is 11.6. The minimum Gasteiger partial charge on any atom is -0.325 e. The fourth-order valence-corrected chi connectivity index (χ4v) is 1.69. The highest BCUT2D eigenvalue weighted by atomic mass is 19.1.